The number of hydrogen-bond acceptors (Lipinski definition) is 4. The van der Waals surface area contributed by atoms with E-state index in [9.17, 15) is 4.79 Å². The highest BCUT2D eigenvalue weighted by molar-refractivity contribution is 5.86. The minimum absolute atomic E-state index is 0.110. The summed E-state index contributed by atoms with van der Waals surface area (Å²) in [6, 6.07) is 0. The van der Waals surface area contributed by atoms with E-state index >= 15 is 0 Å². The molecule has 0 aliphatic rings. The van der Waals surface area contributed by atoms with Gasteiger partial charge in [-0.05, 0) is 6.92 Å². The second-order valence-corrected chi connectivity index (χ2v) is 3.12. The average Bonchev–Trinajstić information content (AvgIpc) is 2.78. The second kappa shape index (κ2) is 3.56. The molecule has 0 spiro atoms. The van der Waals surface area contributed by atoms with Crippen LogP contribution in [0.5, 0.6) is 0 Å². The number of hydrogen-bond donors (Lipinski definition) is 1. The number of carboxylic acid groups (broad SMARTS) is 1. The molecule has 0 aliphatic carbocycles. The van der Waals surface area contributed by atoms with Crippen molar-refractivity contribution in [1.29, 1.82) is 0 Å². The Kier molecular flexibility index (Phi) is 2.24. The van der Waals surface area contributed by atoms with E-state index in [1.807, 2.05) is 0 Å². The van der Waals surface area contributed by atoms with E-state index in [1.165, 1.54) is 0 Å². The number of nitrogens with zero attached hydrogens (tertiary/aromatic N) is 3. The third-order valence-corrected chi connectivity index (χ3v) is 2.08. The van der Waals surface area contributed by atoms with E-state index < -0.39 is 5.97 Å². The fourth-order valence-corrected chi connectivity index (χ4v) is 1.31. The van der Waals surface area contributed by atoms with Gasteiger partial charge in [0.05, 0.1) is 18.6 Å². The van der Waals surface area contributed by atoms with Crippen LogP contribution in [0.4, 0.5) is 0 Å². The third-order valence-electron chi connectivity index (χ3n) is 2.08. The maximum absolute atomic E-state index is 10.8. The van der Waals surface area contributed by atoms with Crippen LogP contribution in [0.2, 0.25) is 0 Å². The van der Waals surface area contributed by atoms with E-state index in [-0.39, 0.29) is 5.76 Å². The Morgan fingerprint density at radius 3 is 3.07 bits per heavy atom. The monoisotopic (exact) mass is 207 g/mol. The van der Waals surface area contributed by atoms with Crippen molar-refractivity contribution in [2.24, 2.45) is 0 Å². The first-order chi connectivity index (χ1) is 7.18. The zero-order valence-corrected chi connectivity index (χ0v) is 8.04. The highest BCUT2D eigenvalue weighted by atomic mass is 16.5. The SMILES string of the molecule is Cc1noc(C(=O)O)c1Cn1ccnc1. The molecule has 2 aromatic rings. The molecule has 0 aliphatic heterocycles. The predicted octanol–water partition coefficient (Wildman–Crippen LogP) is 0.926. The summed E-state index contributed by atoms with van der Waals surface area (Å²) in [6.45, 7) is 2.11. The molecule has 6 heteroatoms. The summed E-state index contributed by atoms with van der Waals surface area (Å²) in [5, 5.41) is 12.5. The Morgan fingerprint density at radius 1 is 1.67 bits per heavy atom. The van der Waals surface area contributed by atoms with Crippen molar-refractivity contribution in [2.45, 2.75) is 13.5 Å². The molecule has 0 saturated heterocycles. The molecule has 0 amide bonds. The van der Waals surface area contributed by atoms with E-state index in [4.69, 9.17) is 9.63 Å². The number of rotatable bonds is 3. The molecule has 0 saturated carbocycles. The minimum Gasteiger partial charge on any atom is -0.475 e. The molecule has 0 unspecified atom stereocenters. The summed E-state index contributed by atoms with van der Waals surface area (Å²) in [7, 11) is 0. The Morgan fingerprint density at radius 2 is 2.47 bits per heavy atom. The van der Waals surface area contributed by atoms with Crippen molar-refractivity contribution >= 4 is 5.97 Å². The average molecular weight is 207 g/mol. The summed E-state index contributed by atoms with van der Waals surface area (Å²) in [5.41, 5.74) is 1.15. The zero-order chi connectivity index (χ0) is 10.8. The lowest BCUT2D eigenvalue weighted by molar-refractivity contribution is 0.0650. The van der Waals surface area contributed by atoms with Crippen molar-refractivity contribution in [3.63, 3.8) is 0 Å². The van der Waals surface area contributed by atoms with Crippen molar-refractivity contribution in [3.8, 4) is 0 Å². The zero-order valence-electron chi connectivity index (χ0n) is 8.04. The van der Waals surface area contributed by atoms with E-state index in [0.717, 1.165) is 0 Å². The minimum atomic E-state index is -1.11. The lowest BCUT2D eigenvalue weighted by Crippen LogP contribution is -2.04. The first kappa shape index (κ1) is 9.45. The molecule has 0 fully saturated rings. The summed E-state index contributed by atoms with van der Waals surface area (Å²) in [5.74, 6) is -1.22. The summed E-state index contributed by atoms with van der Waals surface area (Å²) >= 11 is 0. The molecule has 0 atom stereocenters. The van der Waals surface area contributed by atoms with Gasteiger partial charge in [-0.15, -0.1) is 0 Å². The van der Waals surface area contributed by atoms with Crippen LogP contribution in [0.25, 0.3) is 0 Å². The molecule has 2 rings (SSSR count). The van der Waals surface area contributed by atoms with Gasteiger partial charge in [-0.1, -0.05) is 5.16 Å². The molecule has 1 N–H and O–H groups in total. The molecule has 2 heterocycles. The number of aromatic nitrogens is 3. The topological polar surface area (TPSA) is 81.1 Å². The van der Waals surface area contributed by atoms with Gasteiger partial charge in [0.1, 0.15) is 0 Å². The highest BCUT2D eigenvalue weighted by Crippen LogP contribution is 2.14. The van der Waals surface area contributed by atoms with E-state index in [0.29, 0.717) is 17.8 Å². The Hall–Kier alpha value is -2.11. The van der Waals surface area contributed by atoms with E-state index in [1.54, 1.807) is 30.2 Å². The first-order valence-electron chi connectivity index (χ1n) is 4.32. The quantitative estimate of drug-likeness (QED) is 0.809. The largest absolute Gasteiger partial charge is 0.475 e. The van der Waals surface area contributed by atoms with Crippen LogP contribution in [0, 0.1) is 6.92 Å². The van der Waals surface area contributed by atoms with Crippen LogP contribution in [0.1, 0.15) is 21.8 Å². The number of aryl methyl sites for hydroxylation is 1. The first-order valence-corrected chi connectivity index (χ1v) is 4.32. The fourth-order valence-electron chi connectivity index (χ4n) is 1.31. The molecule has 2 aromatic heterocycles. The Balaban J connectivity index is 2.35. The van der Waals surface area contributed by atoms with Crippen molar-refractivity contribution in [2.75, 3.05) is 0 Å². The molecule has 0 aromatic carbocycles. The van der Waals surface area contributed by atoms with E-state index in [2.05, 4.69) is 10.1 Å². The normalized spacial score (nSPS) is 10.5. The van der Waals surface area contributed by atoms with Gasteiger partial charge in [0.25, 0.3) is 0 Å². The maximum Gasteiger partial charge on any atom is 0.375 e. The maximum atomic E-state index is 10.8. The van der Waals surface area contributed by atoms with Gasteiger partial charge >= 0.3 is 5.97 Å². The van der Waals surface area contributed by atoms with Crippen molar-refractivity contribution < 1.29 is 14.4 Å². The molecule has 6 nitrogen and oxygen atoms in total. The van der Waals surface area contributed by atoms with Crippen LogP contribution in [0.3, 0.4) is 0 Å². The summed E-state index contributed by atoms with van der Waals surface area (Å²) in [6.07, 6.45) is 4.99. The molecular weight excluding hydrogens is 198 g/mol. The van der Waals surface area contributed by atoms with Crippen molar-refractivity contribution in [3.05, 3.63) is 35.7 Å². The van der Waals surface area contributed by atoms with Crippen LogP contribution in [0.15, 0.2) is 23.2 Å². The van der Waals surface area contributed by atoms with Gasteiger partial charge in [0.2, 0.25) is 5.76 Å². The van der Waals surface area contributed by atoms with Crippen LogP contribution >= 0.6 is 0 Å². The highest BCUT2D eigenvalue weighted by Gasteiger charge is 2.19. The Labute approximate surface area is 85.1 Å². The summed E-state index contributed by atoms with van der Waals surface area (Å²) < 4.78 is 6.48. The number of aromatic carboxylic acids is 1. The lowest BCUT2D eigenvalue weighted by Gasteiger charge is -2.00. The molecule has 0 radical (unpaired) electrons. The number of imidazole rings is 1. The van der Waals surface area contributed by atoms with Gasteiger partial charge in [-0.2, -0.15) is 0 Å². The Bertz CT molecular complexity index is 473. The lowest BCUT2D eigenvalue weighted by atomic mass is 10.2. The number of carbonyl (C=O) groups is 1. The van der Waals surface area contributed by atoms with Gasteiger partial charge in [0.15, 0.2) is 0 Å². The van der Waals surface area contributed by atoms with Crippen molar-refractivity contribution in [1.82, 2.24) is 14.7 Å². The second-order valence-electron chi connectivity index (χ2n) is 3.12. The predicted molar refractivity (Wildman–Crippen MR) is 49.5 cm³/mol. The molecule has 0 bridgehead atoms. The smallest absolute Gasteiger partial charge is 0.375 e. The van der Waals surface area contributed by atoms with Gasteiger partial charge in [0, 0.05) is 18.0 Å². The standard InChI is InChI=1S/C9H9N3O3/c1-6-7(4-12-3-2-10-5-12)8(9(13)14)15-11-6/h2-3,5H,4H2,1H3,(H,13,14). The van der Waals surface area contributed by atoms with Gasteiger partial charge in [-0.3, -0.25) is 0 Å². The number of carboxylic acids is 1. The van der Waals surface area contributed by atoms with Crippen LogP contribution in [-0.2, 0) is 6.54 Å². The molecule has 78 valence electrons. The van der Waals surface area contributed by atoms with Crippen LogP contribution in [-0.4, -0.2) is 25.8 Å². The van der Waals surface area contributed by atoms with Gasteiger partial charge < -0.3 is 14.2 Å². The summed E-state index contributed by atoms with van der Waals surface area (Å²) in [4.78, 5) is 14.7. The third kappa shape index (κ3) is 1.74. The molecule has 15 heavy (non-hydrogen) atoms. The molecular formula is C9H9N3O3. The van der Waals surface area contributed by atoms with Crippen LogP contribution < -0.4 is 0 Å². The fraction of sp³-hybridized carbons (Fsp3) is 0.222. The van der Waals surface area contributed by atoms with Gasteiger partial charge in [-0.25, -0.2) is 9.78 Å².